The molecule has 120 valence electrons. The number of benzene rings is 1. The first-order valence-electron chi connectivity index (χ1n) is 8.08. The molecule has 2 fully saturated rings. The van der Waals surface area contributed by atoms with Gasteiger partial charge in [-0.1, -0.05) is 18.5 Å². The average Bonchev–Trinajstić information content (AvgIpc) is 3.20. The summed E-state index contributed by atoms with van der Waals surface area (Å²) in [5.41, 5.74) is 0.917. The molecule has 3 rings (SSSR count). The van der Waals surface area contributed by atoms with Crippen LogP contribution in [0.5, 0.6) is 5.75 Å². The minimum atomic E-state index is 0.102. The molecule has 0 aromatic heterocycles. The van der Waals surface area contributed by atoms with E-state index < -0.39 is 0 Å². The summed E-state index contributed by atoms with van der Waals surface area (Å²) in [6, 6.07) is 5.37. The van der Waals surface area contributed by atoms with Gasteiger partial charge >= 0.3 is 0 Å². The molecule has 0 bridgehead atoms. The van der Waals surface area contributed by atoms with Crippen molar-refractivity contribution < 1.29 is 9.53 Å². The van der Waals surface area contributed by atoms with E-state index in [0.717, 1.165) is 38.8 Å². The highest BCUT2D eigenvalue weighted by Crippen LogP contribution is 2.58. The molecule has 1 saturated heterocycles. The molecule has 1 aliphatic carbocycles. The Morgan fingerprint density at radius 3 is 2.95 bits per heavy atom. The Bertz CT molecular complexity index is 556. The lowest BCUT2D eigenvalue weighted by molar-refractivity contribution is -0.118. The van der Waals surface area contributed by atoms with Gasteiger partial charge in [0.1, 0.15) is 5.75 Å². The molecule has 1 heterocycles. The molecule has 1 atom stereocenters. The van der Waals surface area contributed by atoms with E-state index in [0.29, 0.717) is 23.1 Å². The van der Waals surface area contributed by atoms with Crippen LogP contribution >= 0.6 is 11.6 Å². The predicted molar refractivity (Wildman–Crippen MR) is 88.5 cm³/mol. The number of anilines is 1. The molecule has 4 nitrogen and oxygen atoms in total. The third kappa shape index (κ3) is 3.23. The lowest BCUT2D eigenvalue weighted by atomic mass is 9.92. The number of nitrogens with one attached hydrogen (secondary N) is 2. The Morgan fingerprint density at radius 1 is 1.45 bits per heavy atom. The Morgan fingerprint density at radius 2 is 2.23 bits per heavy atom. The van der Waals surface area contributed by atoms with E-state index in [1.165, 1.54) is 0 Å². The summed E-state index contributed by atoms with van der Waals surface area (Å²) >= 11 is 6.06. The van der Waals surface area contributed by atoms with Gasteiger partial charge in [-0.3, -0.25) is 4.79 Å². The largest absolute Gasteiger partial charge is 0.491 e. The van der Waals surface area contributed by atoms with Crippen molar-refractivity contribution in [3.05, 3.63) is 23.2 Å². The van der Waals surface area contributed by atoms with Crippen molar-refractivity contribution in [3.63, 3.8) is 0 Å². The monoisotopic (exact) mass is 322 g/mol. The highest BCUT2D eigenvalue weighted by molar-refractivity contribution is 6.31. The van der Waals surface area contributed by atoms with Gasteiger partial charge in [0.25, 0.3) is 0 Å². The van der Waals surface area contributed by atoms with Crippen molar-refractivity contribution in [2.45, 2.75) is 32.6 Å². The van der Waals surface area contributed by atoms with Crippen LogP contribution in [0.4, 0.5) is 5.69 Å². The summed E-state index contributed by atoms with van der Waals surface area (Å²) in [6.07, 6.45) is 4.13. The zero-order valence-electron chi connectivity index (χ0n) is 13.0. The van der Waals surface area contributed by atoms with Crippen molar-refractivity contribution in [2.24, 2.45) is 11.3 Å². The number of piperidine rings is 1. The van der Waals surface area contributed by atoms with E-state index in [1.807, 2.05) is 6.07 Å². The second-order valence-corrected chi connectivity index (χ2v) is 6.78. The lowest BCUT2D eigenvalue weighted by Gasteiger charge is -2.23. The molecule has 1 aliphatic heterocycles. The minimum absolute atomic E-state index is 0.102. The van der Waals surface area contributed by atoms with Crippen molar-refractivity contribution >= 4 is 23.2 Å². The van der Waals surface area contributed by atoms with Crippen LogP contribution in [-0.4, -0.2) is 25.6 Å². The Balaban J connectivity index is 1.67. The zero-order valence-corrected chi connectivity index (χ0v) is 13.7. The van der Waals surface area contributed by atoms with Crippen molar-refractivity contribution in [2.75, 3.05) is 25.0 Å². The van der Waals surface area contributed by atoms with Crippen LogP contribution in [0.1, 0.15) is 32.6 Å². The number of ether oxygens (including phenoxy) is 1. The van der Waals surface area contributed by atoms with Crippen LogP contribution in [0.3, 0.4) is 0 Å². The maximum absolute atomic E-state index is 12.6. The molecular formula is C17H23ClN2O2. The van der Waals surface area contributed by atoms with Crippen LogP contribution in [0.2, 0.25) is 5.02 Å². The summed E-state index contributed by atoms with van der Waals surface area (Å²) < 4.78 is 5.70. The first-order valence-corrected chi connectivity index (χ1v) is 8.46. The Labute approximate surface area is 136 Å². The normalized spacial score (nSPS) is 22.4. The van der Waals surface area contributed by atoms with Gasteiger partial charge in [0.15, 0.2) is 0 Å². The van der Waals surface area contributed by atoms with Crippen molar-refractivity contribution in [3.8, 4) is 5.75 Å². The average molecular weight is 323 g/mol. The van der Waals surface area contributed by atoms with Crippen molar-refractivity contribution in [1.29, 1.82) is 0 Å². The first kappa shape index (κ1) is 15.6. The van der Waals surface area contributed by atoms with E-state index in [2.05, 4.69) is 17.6 Å². The smallest absolute Gasteiger partial charge is 0.228 e. The molecule has 1 unspecified atom stereocenters. The molecule has 1 saturated carbocycles. The molecule has 2 N–H and O–H groups in total. The molecule has 22 heavy (non-hydrogen) atoms. The van der Waals surface area contributed by atoms with Crippen LogP contribution < -0.4 is 15.4 Å². The number of halogens is 1. The lowest BCUT2D eigenvalue weighted by Crippen LogP contribution is -2.31. The summed E-state index contributed by atoms with van der Waals surface area (Å²) in [5, 5.41) is 6.99. The van der Waals surface area contributed by atoms with Gasteiger partial charge in [-0.2, -0.15) is 0 Å². The fourth-order valence-electron chi connectivity index (χ4n) is 3.35. The molecular weight excluding hydrogens is 300 g/mol. The summed E-state index contributed by atoms with van der Waals surface area (Å²) in [6.45, 7) is 4.72. The van der Waals surface area contributed by atoms with Gasteiger partial charge in [0, 0.05) is 10.9 Å². The number of carbonyl (C=O) groups is 1. The van der Waals surface area contributed by atoms with Gasteiger partial charge in [0.05, 0.1) is 12.3 Å². The molecule has 0 radical (unpaired) electrons. The third-order valence-corrected chi connectivity index (χ3v) is 5.00. The number of amides is 1. The van der Waals surface area contributed by atoms with Gasteiger partial charge < -0.3 is 15.4 Å². The maximum atomic E-state index is 12.6. The topological polar surface area (TPSA) is 50.4 Å². The van der Waals surface area contributed by atoms with Gasteiger partial charge in [-0.05, 0) is 62.4 Å². The highest BCUT2D eigenvalue weighted by atomic mass is 35.5. The first-order chi connectivity index (χ1) is 10.6. The number of carbonyl (C=O) groups excluding carboxylic acids is 1. The van der Waals surface area contributed by atoms with Crippen LogP contribution in [0.25, 0.3) is 0 Å². The molecule has 1 aromatic carbocycles. The van der Waals surface area contributed by atoms with E-state index >= 15 is 0 Å². The van der Waals surface area contributed by atoms with Crippen LogP contribution in [-0.2, 0) is 4.79 Å². The Kier molecular flexibility index (Phi) is 4.59. The summed E-state index contributed by atoms with van der Waals surface area (Å²) in [7, 11) is 0. The van der Waals surface area contributed by atoms with E-state index in [1.54, 1.807) is 12.1 Å². The molecule has 5 heteroatoms. The number of hydrogen-bond donors (Lipinski definition) is 2. The second kappa shape index (κ2) is 6.47. The predicted octanol–water partition coefficient (Wildman–Crippen LogP) is 3.46. The van der Waals surface area contributed by atoms with Crippen LogP contribution in [0, 0.1) is 11.3 Å². The summed E-state index contributed by atoms with van der Waals surface area (Å²) in [4.78, 5) is 12.6. The van der Waals surface area contributed by atoms with Crippen LogP contribution in [0.15, 0.2) is 18.2 Å². The van der Waals surface area contributed by atoms with E-state index in [-0.39, 0.29) is 17.2 Å². The minimum Gasteiger partial charge on any atom is -0.491 e. The standard InChI is InChI=1S/C17H23ClN2O2/c1-2-9-22-15-4-3-12(18)10-14(15)20-16(21)13-11-17(13)5-7-19-8-6-17/h3-4,10,13,19H,2,5-9,11H2,1H3,(H,20,21). The second-order valence-electron chi connectivity index (χ2n) is 6.35. The molecule has 1 amide bonds. The van der Waals surface area contributed by atoms with Gasteiger partial charge in [-0.25, -0.2) is 0 Å². The summed E-state index contributed by atoms with van der Waals surface area (Å²) in [5.74, 6) is 0.928. The number of hydrogen-bond acceptors (Lipinski definition) is 3. The van der Waals surface area contributed by atoms with Gasteiger partial charge in [0.2, 0.25) is 5.91 Å². The maximum Gasteiger partial charge on any atom is 0.228 e. The fraction of sp³-hybridized carbons (Fsp3) is 0.588. The Hall–Kier alpha value is -1.26. The van der Waals surface area contributed by atoms with E-state index in [9.17, 15) is 4.79 Å². The fourth-order valence-corrected chi connectivity index (χ4v) is 3.53. The van der Waals surface area contributed by atoms with Crippen molar-refractivity contribution in [1.82, 2.24) is 5.32 Å². The molecule has 1 aromatic rings. The SMILES string of the molecule is CCCOc1ccc(Cl)cc1NC(=O)C1CC12CCNCC2. The molecule has 1 spiro atoms. The molecule has 2 aliphatic rings. The highest BCUT2D eigenvalue weighted by Gasteiger charge is 2.57. The van der Waals surface area contributed by atoms with Gasteiger partial charge in [-0.15, -0.1) is 0 Å². The number of rotatable bonds is 5. The zero-order chi connectivity index (χ0) is 15.6. The quantitative estimate of drug-likeness (QED) is 0.873. The van der Waals surface area contributed by atoms with E-state index in [4.69, 9.17) is 16.3 Å². The third-order valence-electron chi connectivity index (χ3n) is 4.77.